The van der Waals surface area contributed by atoms with Crippen molar-refractivity contribution in [2.75, 3.05) is 0 Å². The van der Waals surface area contributed by atoms with E-state index in [1.54, 1.807) is 0 Å². The van der Waals surface area contributed by atoms with Gasteiger partial charge in [0, 0.05) is 18.8 Å². The van der Waals surface area contributed by atoms with Crippen molar-refractivity contribution in [2.45, 2.75) is 77.6 Å². The Kier molecular flexibility index (Phi) is 5.17. The average Bonchev–Trinajstić information content (AvgIpc) is 2.73. The first-order valence-corrected chi connectivity index (χ1v) is 7.86. The standard InChI is InChI=1S/C16H25N3O/c1-3-16(2,10-11-17)12-14-18-15(19-20-14)13-8-6-4-5-7-9-13/h13H,3-10,12H2,1-2H3. The molecule has 1 fully saturated rings. The number of hydrogen-bond donors (Lipinski definition) is 0. The lowest BCUT2D eigenvalue weighted by Crippen LogP contribution is -2.18. The van der Waals surface area contributed by atoms with Crippen LogP contribution in [0.3, 0.4) is 0 Å². The van der Waals surface area contributed by atoms with Crippen molar-refractivity contribution in [1.82, 2.24) is 10.1 Å². The van der Waals surface area contributed by atoms with Crippen LogP contribution in [0.5, 0.6) is 0 Å². The lowest BCUT2D eigenvalue weighted by atomic mass is 9.81. The molecule has 0 radical (unpaired) electrons. The van der Waals surface area contributed by atoms with Gasteiger partial charge in [-0.05, 0) is 24.7 Å². The fourth-order valence-electron chi connectivity index (χ4n) is 2.91. The molecule has 1 aliphatic carbocycles. The lowest BCUT2D eigenvalue weighted by molar-refractivity contribution is 0.265. The van der Waals surface area contributed by atoms with Crippen molar-refractivity contribution in [3.63, 3.8) is 0 Å². The molecular weight excluding hydrogens is 250 g/mol. The Balaban J connectivity index is 2.03. The molecule has 4 heteroatoms. The molecule has 1 atom stereocenters. The minimum absolute atomic E-state index is 0.0536. The van der Waals surface area contributed by atoms with E-state index in [9.17, 15) is 0 Å². The maximum Gasteiger partial charge on any atom is 0.227 e. The summed E-state index contributed by atoms with van der Waals surface area (Å²) in [4.78, 5) is 4.60. The van der Waals surface area contributed by atoms with E-state index in [1.807, 2.05) is 0 Å². The summed E-state index contributed by atoms with van der Waals surface area (Å²) in [5.74, 6) is 2.06. The predicted molar refractivity (Wildman–Crippen MR) is 77.1 cm³/mol. The van der Waals surface area contributed by atoms with Crippen LogP contribution in [-0.4, -0.2) is 10.1 Å². The average molecular weight is 275 g/mol. The Bertz CT molecular complexity index is 455. The van der Waals surface area contributed by atoms with Crippen molar-refractivity contribution >= 4 is 0 Å². The number of aromatic nitrogens is 2. The molecule has 1 aliphatic rings. The lowest BCUT2D eigenvalue weighted by Gasteiger charge is -2.22. The van der Waals surface area contributed by atoms with Gasteiger partial charge in [0.1, 0.15) is 0 Å². The van der Waals surface area contributed by atoms with Crippen molar-refractivity contribution in [1.29, 1.82) is 5.26 Å². The van der Waals surface area contributed by atoms with E-state index in [4.69, 9.17) is 9.78 Å². The highest BCUT2D eigenvalue weighted by atomic mass is 16.5. The van der Waals surface area contributed by atoms with E-state index in [0.717, 1.165) is 12.2 Å². The van der Waals surface area contributed by atoms with Gasteiger partial charge in [0.05, 0.1) is 6.07 Å². The molecule has 0 bridgehead atoms. The van der Waals surface area contributed by atoms with Gasteiger partial charge in [0.25, 0.3) is 0 Å². The van der Waals surface area contributed by atoms with Gasteiger partial charge in [-0.2, -0.15) is 10.2 Å². The van der Waals surface area contributed by atoms with Crippen LogP contribution >= 0.6 is 0 Å². The highest BCUT2D eigenvalue weighted by molar-refractivity contribution is 4.99. The molecule has 1 aromatic rings. The molecule has 1 unspecified atom stereocenters. The van der Waals surface area contributed by atoms with E-state index >= 15 is 0 Å². The maximum absolute atomic E-state index is 8.93. The fraction of sp³-hybridized carbons (Fsp3) is 0.812. The minimum atomic E-state index is -0.0536. The number of nitriles is 1. The molecule has 0 aromatic carbocycles. The van der Waals surface area contributed by atoms with E-state index in [-0.39, 0.29) is 5.41 Å². The van der Waals surface area contributed by atoms with Crippen LogP contribution in [0.1, 0.15) is 82.8 Å². The summed E-state index contributed by atoms with van der Waals surface area (Å²) in [7, 11) is 0. The Hall–Kier alpha value is -1.37. The summed E-state index contributed by atoms with van der Waals surface area (Å²) in [5.41, 5.74) is -0.0536. The van der Waals surface area contributed by atoms with Gasteiger partial charge >= 0.3 is 0 Å². The normalized spacial score (nSPS) is 20.1. The van der Waals surface area contributed by atoms with Gasteiger partial charge in [-0.15, -0.1) is 0 Å². The van der Waals surface area contributed by atoms with Gasteiger partial charge in [-0.1, -0.05) is 44.7 Å². The predicted octanol–water partition coefficient (Wildman–Crippen LogP) is 4.38. The summed E-state index contributed by atoms with van der Waals surface area (Å²) >= 11 is 0. The molecular formula is C16H25N3O. The zero-order valence-corrected chi connectivity index (χ0v) is 12.7. The topological polar surface area (TPSA) is 62.7 Å². The van der Waals surface area contributed by atoms with Crippen molar-refractivity contribution in [2.24, 2.45) is 5.41 Å². The molecule has 1 saturated carbocycles. The van der Waals surface area contributed by atoms with Gasteiger partial charge in [-0.3, -0.25) is 0 Å². The molecule has 0 N–H and O–H groups in total. The molecule has 0 aliphatic heterocycles. The number of nitrogens with zero attached hydrogens (tertiary/aromatic N) is 3. The van der Waals surface area contributed by atoms with Crippen LogP contribution in [0.25, 0.3) is 0 Å². The molecule has 110 valence electrons. The first-order chi connectivity index (χ1) is 9.67. The first kappa shape index (κ1) is 15.0. The summed E-state index contributed by atoms with van der Waals surface area (Å²) < 4.78 is 5.43. The third-order valence-electron chi connectivity index (χ3n) is 4.64. The van der Waals surface area contributed by atoms with Crippen molar-refractivity contribution in [3.05, 3.63) is 11.7 Å². The van der Waals surface area contributed by atoms with Crippen molar-refractivity contribution < 1.29 is 4.52 Å². The molecule has 20 heavy (non-hydrogen) atoms. The highest BCUT2D eigenvalue weighted by Gasteiger charge is 2.27. The Morgan fingerprint density at radius 3 is 2.60 bits per heavy atom. The van der Waals surface area contributed by atoms with Gasteiger partial charge < -0.3 is 4.52 Å². The summed E-state index contributed by atoms with van der Waals surface area (Å²) in [6, 6.07) is 2.27. The van der Waals surface area contributed by atoms with Crippen LogP contribution in [0.4, 0.5) is 0 Å². The summed E-state index contributed by atoms with van der Waals surface area (Å²) in [5, 5.41) is 13.1. The molecule has 2 rings (SSSR count). The SMILES string of the molecule is CCC(C)(CC#N)Cc1nc(C2CCCCCC2)no1. The van der Waals surface area contributed by atoms with E-state index in [1.165, 1.54) is 38.5 Å². The second-order valence-electron chi connectivity index (χ2n) is 6.41. The van der Waals surface area contributed by atoms with Crippen LogP contribution in [0, 0.1) is 16.7 Å². The van der Waals surface area contributed by atoms with Gasteiger partial charge in [-0.25, -0.2) is 0 Å². The van der Waals surface area contributed by atoms with Crippen LogP contribution in [0.2, 0.25) is 0 Å². The van der Waals surface area contributed by atoms with Crippen LogP contribution in [0.15, 0.2) is 4.52 Å². The largest absolute Gasteiger partial charge is 0.339 e. The molecule has 0 spiro atoms. The Labute approximate surface area is 121 Å². The zero-order valence-electron chi connectivity index (χ0n) is 12.7. The van der Waals surface area contributed by atoms with E-state index in [0.29, 0.717) is 24.7 Å². The molecule has 4 nitrogen and oxygen atoms in total. The summed E-state index contributed by atoms with van der Waals surface area (Å²) in [6.07, 6.45) is 9.76. The zero-order chi connectivity index (χ0) is 14.4. The van der Waals surface area contributed by atoms with Gasteiger partial charge in [0.2, 0.25) is 5.89 Å². The van der Waals surface area contributed by atoms with Gasteiger partial charge in [0.15, 0.2) is 5.82 Å². The first-order valence-electron chi connectivity index (χ1n) is 7.86. The smallest absolute Gasteiger partial charge is 0.227 e. The third kappa shape index (κ3) is 3.82. The molecule has 0 amide bonds. The van der Waals surface area contributed by atoms with E-state index in [2.05, 4.69) is 30.1 Å². The molecule has 0 saturated heterocycles. The molecule has 1 heterocycles. The fourth-order valence-corrected chi connectivity index (χ4v) is 2.91. The summed E-state index contributed by atoms with van der Waals surface area (Å²) in [6.45, 7) is 4.23. The second kappa shape index (κ2) is 6.88. The Morgan fingerprint density at radius 2 is 2.00 bits per heavy atom. The maximum atomic E-state index is 8.93. The molecule has 1 aromatic heterocycles. The second-order valence-corrected chi connectivity index (χ2v) is 6.41. The van der Waals surface area contributed by atoms with Crippen LogP contribution in [-0.2, 0) is 6.42 Å². The quantitative estimate of drug-likeness (QED) is 0.748. The van der Waals surface area contributed by atoms with Crippen molar-refractivity contribution in [3.8, 4) is 6.07 Å². The highest BCUT2D eigenvalue weighted by Crippen LogP contribution is 2.32. The third-order valence-corrected chi connectivity index (χ3v) is 4.64. The number of rotatable bonds is 5. The van der Waals surface area contributed by atoms with Crippen LogP contribution < -0.4 is 0 Å². The minimum Gasteiger partial charge on any atom is -0.339 e. The number of hydrogen-bond acceptors (Lipinski definition) is 4. The Morgan fingerprint density at radius 1 is 1.30 bits per heavy atom. The monoisotopic (exact) mass is 275 g/mol. The van der Waals surface area contributed by atoms with E-state index < -0.39 is 0 Å².